The predicted octanol–water partition coefficient (Wildman–Crippen LogP) is 5.08. The van der Waals surface area contributed by atoms with E-state index in [1.54, 1.807) is 6.07 Å². The van der Waals surface area contributed by atoms with Crippen molar-refractivity contribution in [3.05, 3.63) is 77.4 Å². The first-order chi connectivity index (χ1) is 12.2. The summed E-state index contributed by atoms with van der Waals surface area (Å²) >= 11 is 0. The lowest BCUT2D eigenvalue weighted by Gasteiger charge is -2.27. The Bertz CT molecular complexity index is 907. The van der Waals surface area contributed by atoms with Crippen LogP contribution in [0.4, 0.5) is 10.2 Å². The number of hydrogen-bond donors (Lipinski definition) is 1. The third-order valence-electron chi connectivity index (χ3n) is 4.65. The van der Waals surface area contributed by atoms with Crippen molar-refractivity contribution in [1.29, 1.82) is 0 Å². The molecule has 1 N–H and O–H groups in total. The van der Waals surface area contributed by atoms with Crippen LogP contribution in [0.1, 0.15) is 35.8 Å². The number of benzene rings is 2. The topological polar surface area (TPSA) is 37.8 Å². The number of hydrogen-bond acceptors (Lipinski definition) is 3. The minimum atomic E-state index is -0.260. The molecule has 0 spiro atoms. The Morgan fingerprint density at radius 2 is 1.92 bits per heavy atom. The minimum absolute atomic E-state index is 0.250. The second-order valence-corrected chi connectivity index (χ2v) is 6.48. The first kappa shape index (κ1) is 15.8. The van der Waals surface area contributed by atoms with Crippen LogP contribution in [0.25, 0.3) is 11.3 Å². The van der Waals surface area contributed by atoms with Gasteiger partial charge in [0.1, 0.15) is 17.5 Å². The molecule has 2 aromatic carbocycles. The van der Waals surface area contributed by atoms with Crippen molar-refractivity contribution >= 4 is 5.82 Å². The van der Waals surface area contributed by atoms with E-state index in [-0.39, 0.29) is 11.9 Å². The van der Waals surface area contributed by atoms with Crippen LogP contribution in [0.2, 0.25) is 0 Å². The number of rotatable bonds is 3. The predicted molar refractivity (Wildman–Crippen MR) is 97.9 cm³/mol. The largest absolute Gasteiger partial charge is 0.363 e. The number of nitrogens with zero attached hydrogens (tertiary/aromatic N) is 2. The molecule has 0 amide bonds. The van der Waals surface area contributed by atoms with E-state index in [9.17, 15) is 4.39 Å². The van der Waals surface area contributed by atoms with Gasteiger partial charge in [-0.1, -0.05) is 36.4 Å². The molecule has 1 aliphatic rings. The summed E-state index contributed by atoms with van der Waals surface area (Å²) in [6.07, 6.45) is 3.37. The SMILES string of the molecule is Cc1nc(NC2CCCc3ccccc32)cc(-c2cccc(F)c2)n1. The second-order valence-electron chi connectivity index (χ2n) is 6.48. The summed E-state index contributed by atoms with van der Waals surface area (Å²) in [6, 6.07) is 17.2. The highest BCUT2D eigenvalue weighted by atomic mass is 19.1. The lowest BCUT2D eigenvalue weighted by Crippen LogP contribution is -2.18. The maximum absolute atomic E-state index is 13.5. The molecule has 3 nitrogen and oxygen atoms in total. The van der Waals surface area contributed by atoms with Gasteiger partial charge in [0.05, 0.1) is 11.7 Å². The summed E-state index contributed by atoms with van der Waals surface area (Å²) in [4.78, 5) is 9.00. The number of aryl methyl sites for hydroxylation is 2. The van der Waals surface area contributed by atoms with E-state index in [0.717, 1.165) is 36.3 Å². The highest BCUT2D eigenvalue weighted by Crippen LogP contribution is 2.32. The molecule has 1 atom stereocenters. The minimum Gasteiger partial charge on any atom is -0.363 e. The van der Waals surface area contributed by atoms with E-state index < -0.39 is 0 Å². The molecule has 0 saturated carbocycles. The first-order valence-electron chi connectivity index (χ1n) is 8.65. The molecule has 1 unspecified atom stereocenters. The Morgan fingerprint density at radius 3 is 2.80 bits per heavy atom. The van der Waals surface area contributed by atoms with Crippen molar-refractivity contribution in [3.8, 4) is 11.3 Å². The lowest BCUT2D eigenvalue weighted by atomic mass is 9.88. The molecule has 4 heteroatoms. The fraction of sp³-hybridized carbons (Fsp3) is 0.238. The number of nitrogens with one attached hydrogen (secondary N) is 1. The van der Waals surface area contributed by atoms with Crippen LogP contribution >= 0.6 is 0 Å². The van der Waals surface area contributed by atoms with Gasteiger partial charge < -0.3 is 5.32 Å². The molecule has 1 heterocycles. The van der Waals surface area contributed by atoms with Crippen molar-refractivity contribution in [2.75, 3.05) is 5.32 Å². The van der Waals surface area contributed by atoms with Crippen LogP contribution in [0.3, 0.4) is 0 Å². The molecule has 4 rings (SSSR count). The highest BCUT2D eigenvalue weighted by molar-refractivity contribution is 5.62. The third-order valence-corrected chi connectivity index (χ3v) is 4.65. The van der Waals surface area contributed by atoms with E-state index in [2.05, 4.69) is 39.6 Å². The molecular weight excluding hydrogens is 313 g/mol. The van der Waals surface area contributed by atoms with E-state index in [1.165, 1.54) is 23.3 Å². The molecular formula is C21H20FN3. The van der Waals surface area contributed by atoms with Gasteiger partial charge in [-0.15, -0.1) is 0 Å². The van der Waals surface area contributed by atoms with Crippen molar-refractivity contribution in [2.24, 2.45) is 0 Å². The number of anilines is 1. The molecule has 0 fully saturated rings. The maximum atomic E-state index is 13.5. The fourth-order valence-corrected chi connectivity index (χ4v) is 3.52. The number of halogens is 1. The van der Waals surface area contributed by atoms with Crippen molar-refractivity contribution in [2.45, 2.75) is 32.2 Å². The van der Waals surface area contributed by atoms with Gasteiger partial charge in [-0.3, -0.25) is 0 Å². The van der Waals surface area contributed by atoms with Crippen LogP contribution in [-0.4, -0.2) is 9.97 Å². The van der Waals surface area contributed by atoms with Gasteiger partial charge in [-0.25, -0.2) is 14.4 Å². The van der Waals surface area contributed by atoms with Gasteiger partial charge in [-0.2, -0.15) is 0 Å². The Balaban J connectivity index is 1.66. The van der Waals surface area contributed by atoms with Crippen LogP contribution in [0, 0.1) is 12.7 Å². The molecule has 0 saturated heterocycles. The van der Waals surface area contributed by atoms with Crippen molar-refractivity contribution in [1.82, 2.24) is 9.97 Å². The summed E-state index contributed by atoms with van der Waals surface area (Å²) in [7, 11) is 0. The fourth-order valence-electron chi connectivity index (χ4n) is 3.52. The van der Waals surface area contributed by atoms with E-state index in [4.69, 9.17) is 0 Å². The standard InChI is InChI=1S/C21H20FN3/c1-14-23-20(16-8-4-9-17(22)12-16)13-21(24-14)25-19-11-5-7-15-6-2-3-10-18(15)19/h2-4,6,8-10,12-13,19H,5,7,11H2,1H3,(H,23,24,25). The molecule has 126 valence electrons. The van der Waals surface area contributed by atoms with Gasteiger partial charge in [0, 0.05) is 11.6 Å². The summed E-state index contributed by atoms with van der Waals surface area (Å²) in [5, 5.41) is 3.56. The molecule has 25 heavy (non-hydrogen) atoms. The Labute approximate surface area is 147 Å². The average Bonchev–Trinajstić information content (AvgIpc) is 2.62. The summed E-state index contributed by atoms with van der Waals surface area (Å²) in [5.74, 6) is 1.20. The zero-order chi connectivity index (χ0) is 17.2. The van der Waals surface area contributed by atoms with Gasteiger partial charge in [-0.05, 0) is 49.4 Å². The van der Waals surface area contributed by atoms with Crippen LogP contribution in [-0.2, 0) is 6.42 Å². The van der Waals surface area contributed by atoms with Crippen LogP contribution in [0.15, 0.2) is 54.6 Å². The maximum Gasteiger partial charge on any atom is 0.130 e. The smallest absolute Gasteiger partial charge is 0.130 e. The lowest BCUT2D eigenvalue weighted by molar-refractivity contribution is 0.598. The van der Waals surface area contributed by atoms with E-state index in [1.807, 2.05) is 19.1 Å². The molecule has 1 aromatic heterocycles. The van der Waals surface area contributed by atoms with Gasteiger partial charge >= 0.3 is 0 Å². The summed E-state index contributed by atoms with van der Waals surface area (Å²) in [6.45, 7) is 1.86. The highest BCUT2D eigenvalue weighted by Gasteiger charge is 2.20. The van der Waals surface area contributed by atoms with E-state index in [0.29, 0.717) is 5.82 Å². The Kier molecular flexibility index (Phi) is 4.18. The number of fused-ring (bicyclic) bond motifs is 1. The Hall–Kier alpha value is -2.75. The number of aromatic nitrogens is 2. The monoisotopic (exact) mass is 333 g/mol. The van der Waals surface area contributed by atoms with Gasteiger partial charge in [0.15, 0.2) is 0 Å². The van der Waals surface area contributed by atoms with Crippen LogP contribution in [0.5, 0.6) is 0 Å². The quantitative estimate of drug-likeness (QED) is 0.726. The first-order valence-corrected chi connectivity index (χ1v) is 8.65. The van der Waals surface area contributed by atoms with E-state index >= 15 is 0 Å². The molecule has 0 aliphatic heterocycles. The molecule has 0 radical (unpaired) electrons. The molecule has 0 bridgehead atoms. The summed E-state index contributed by atoms with van der Waals surface area (Å²) < 4.78 is 13.5. The zero-order valence-electron chi connectivity index (χ0n) is 14.2. The third kappa shape index (κ3) is 3.38. The average molecular weight is 333 g/mol. The normalized spacial score (nSPS) is 16.3. The van der Waals surface area contributed by atoms with Crippen molar-refractivity contribution < 1.29 is 4.39 Å². The van der Waals surface area contributed by atoms with Crippen LogP contribution < -0.4 is 5.32 Å². The zero-order valence-corrected chi connectivity index (χ0v) is 14.2. The summed E-state index contributed by atoms with van der Waals surface area (Å²) in [5.41, 5.74) is 4.25. The Morgan fingerprint density at radius 1 is 1.04 bits per heavy atom. The second kappa shape index (κ2) is 6.63. The molecule has 1 aliphatic carbocycles. The molecule has 3 aromatic rings. The van der Waals surface area contributed by atoms with Gasteiger partial charge in [0.25, 0.3) is 0 Å². The van der Waals surface area contributed by atoms with Gasteiger partial charge in [0.2, 0.25) is 0 Å². The van der Waals surface area contributed by atoms with Crippen molar-refractivity contribution in [3.63, 3.8) is 0 Å².